The van der Waals surface area contributed by atoms with Crippen LogP contribution in [0.25, 0.3) is 0 Å². The van der Waals surface area contributed by atoms with Gasteiger partial charge in [0, 0.05) is 46.8 Å². The summed E-state index contributed by atoms with van der Waals surface area (Å²) >= 11 is 0. The largest absolute Gasteiger partial charge is 0.379 e. The molecular formula is C23H32N4O. The minimum Gasteiger partial charge on any atom is -0.379 e. The molecule has 2 aromatic carbocycles. The highest BCUT2D eigenvalue weighted by Crippen LogP contribution is 2.11. The van der Waals surface area contributed by atoms with Gasteiger partial charge in [-0.05, 0) is 29.2 Å². The lowest BCUT2D eigenvalue weighted by molar-refractivity contribution is 0.0342. The van der Waals surface area contributed by atoms with Crippen molar-refractivity contribution in [1.82, 2.24) is 15.1 Å². The molecule has 0 bridgehead atoms. The van der Waals surface area contributed by atoms with E-state index in [1.165, 1.54) is 22.3 Å². The Balaban J connectivity index is 1.51. The Morgan fingerprint density at radius 1 is 1.07 bits per heavy atom. The fourth-order valence-corrected chi connectivity index (χ4v) is 3.46. The summed E-state index contributed by atoms with van der Waals surface area (Å²) in [6.07, 6.45) is 0. The zero-order chi connectivity index (χ0) is 19.8. The maximum Gasteiger partial charge on any atom is 0.193 e. The first-order valence-electron chi connectivity index (χ1n) is 10.00. The maximum absolute atomic E-state index is 5.42. The van der Waals surface area contributed by atoms with E-state index in [2.05, 4.69) is 82.6 Å². The Kier molecular flexibility index (Phi) is 7.46. The van der Waals surface area contributed by atoms with Crippen molar-refractivity contribution in [3.8, 4) is 0 Å². The first kappa shape index (κ1) is 20.4. The molecule has 1 aliphatic rings. The summed E-state index contributed by atoms with van der Waals surface area (Å²) in [5, 5.41) is 3.48. The third-order valence-electron chi connectivity index (χ3n) is 5.23. The molecule has 5 heteroatoms. The van der Waals surface area contributed by atoms with Crippen molar-refractivity contribution < 1.29 is 4.74 Å². The van der Waals surface area contributed by atoms with E-state index in [-0.39, 0.29) is 0 Å². The average molecular weight is 381 g/mol. The van der Waals surface area contributed by atoms with Crippen LogP contribution in [0.5, 0.6) is 0 Å². The summed E-state index contributed by atoms with van der Waals surface area (Å²) in [4.78, 5) is 9.04. The molecule has 1 fully saturated rings. The first-order chi connectivity index (χ1) is 13.7. The molecule has 2 aromatic rings. The molecule has 150 valence electrons. The highest BCUT2D eigenvalue weighted by atomic mass is 16.5. The van der Waals surface area contributed by atoms with E-state index >= 15 is 0 Å². The number of morpholine rings is 1. The second-order valence-electron chi connectivity index (χ2n) is 7.39. The zero-order valence-electron chi connectivity index (χ0n) is 17.3. The van der Waals surface area contributed by atoms with Gasteiger partial charge in [0.2, 0.25) is 0 Å². The molecule has 28 heavy (non-hydrogen) atoms. The van der Waals surface area contributed by atoms with Gasteiger partial charge in [-0.2, -0.15) is 0 Å². The van der Waals surface area contributed by atoms with Crippen LogP contribution in [0, 0.1) is 6.92 Å². The molecule has 0 amide bonds. The van der Waals surface area contributed by atoms with Crippen LogP contribution in [-0.2, 0) is 24.4 Å². The van der Waals surface area contributed by atoms with E-state index in [1.54, 1.807) is 0 Å². The molecule has 1 saturated heterocycles. The molecule has 0 saturated carbocycles. The topological polar surface area (TPSA) is 40.1 Å². The van der Waals surface area contributed by atoms with E-state index in [1.807, 2.05) is 7.05 Å². The summed E-state index contributed by atoms with van der Waals surface area (Å²) in [5.74, 6) is 0.903. The lowest BCUT2D eigenvalue weighted by Crippen LogP contribution is -2.38. The third-order valence-corrected chi connectivity index (χ3v) is 5.23. The number of guanidine groups is 1. The number of hydrogen-bond acceptors (Lipinski definition) is 3. The lowest BCUT2D eigenvalue weighted by Gasteiger charge is -2.26. The van der Waals surface area contributed by atoms with Gasteiger partial charge in [0.1, 0.15) is 0 Å². The molecule has 0 aliphatic carbocycles. The third kappa shape index (κ3) is 5.81. The Bertz CT molecular complexity index is 766. The van der Waals surface area contributed by atoms with E-state index in [0.29, 0.717) is 0 Å². The fraction of sp³-hybridized carbons (Fsp3) is 0.435. The van der Waals surface area contributed by atoms with Gasteiger partial charge in [0.05, 0.1) is 13.2 Å². The van der Waals surface area contributed by atoms with E-state index in [4.69, 9.17) is 4.74 Å². The number of ether oxygens (including phenoxy) is 1. The lowest BCUT2D eigenvalue weighted by atomic mass is 10.1. The van der Waals surface area contributed by atoms with Crippen LogP contribution in [0.4, 0.5) is 0 Å². The van der Waals surface area contributed by atoms with E-state index in [0.717, 1.165) is 51.9 Å². The van der Waals surface area contributed by atoms with Crippen molar-refractivity contribution in [1.29, 1.82) is 0 Å². The highest BCUT2D eigenvalue weighted by Gasteiger charge is 2.11. The summed E-state index contributed by atoms with van der Waals surface area (Å²) in [6, 6.07) is 17.4. The predicted octanol–water partition coefficient (Wildman–Crippen LogP) is 3.03. The smallest absolute Gasteiger partial charge is 0.193 e. The van der Waals surface area contributed by atoms with Gasteiger partial charge >= 0.3 is 0 Å². The van der Waals surface area contributed by atoms with Crippen LogP contribution in [0.3, 0.4) is 0 Å². The van der Waals surface area contributed by atoms with Crippen molar-refractivity contribution in [2.45, 2.75) is 26.6 Å². The Hall–Kier alpha value is -2.37. The quantitative estimate of drug-likeness (QED) is 0.618. The normalized spacial score (nSPS) is 15.5. The minimum absolute atomic E-state index is 0.766. The van der Waals surface area contributed by atoms with Crippen LogP contribution < -0.4 is 5.32 Å². The van der Waals surface area contributed by atoms with E-state index in [9.17, 15) is 0 Å². The van der Waals surface area contributed by atoms with Gasteiger partial charge in [0.25, 0.3) is 0 Å². The maximum atomic E-state index is 5.42. The summed E-state index contributed by atoms with van der Waals surface area (Å²) in [6.45, 7) is 8.48. The number of hydrogen-bond donors (Lipinski definition) is 1. The molecule has 0 unspecified atom stereocenters. The van der Waals surface area contributed by atoms with Crippen LogP contribution in [0.1, 0.15) is 22.3 Å². The molecule has 0 aromatic heterocycles. The molecule has 0 spiro atoms. The molecule has 1 heterocycles. The zero-order valence-corrected chi connectivity index (χ0v) is 17.3. The van der Waals surface area contributed by atoms with Crippen molar-refractivity contribution in [3.05, 3.63) is 70.8 Å². The van der Waals surface area contributed by atoms with Crippen molar-refractivity contribution in [3.63, 3.8) is 0 Å². The Labute approximate surface area is 169 Å². The summed E-state index contributed by atoms with van der Waals surface area (Å²) in [7, 11) is 3.91. The standard InChI is InChI=1S/C23H32N4O/c1-19-6-4-5-7-22(19)18-26(3)23(24-2)25-16-20-8-10-21(11-9-20)17-27-12-14-28-15-13-27/h4-11H,12-18H2,1-3H3,(H,24,25). The van der Waals surface area contributed by atoms with Gasteiger partial charge in [-0.3, -0.25) is 9.89 Å². The van der Waals surface area contributed by atoms with Crippen molar-refractivity contribution in [2.24, 2.45) is 4.99 Å². The Morgan fingerprint density at radius 3 is 2.43 bits per heavy atom. The molecule has 5 nitrogen and oxygen atoms in total. The molecular weight excluding hydrogens is 348 g/mol. The second-order valence-corrected chi connectivity index (χ2v) is 7.39. The number of benzene rings is 2. The van der Waals surface area contributed by atoms with Gasteiger partial charge in [-0.25, -0.2) is 0 Å². The van der Waals surface area contributed by atoms with Gasteiger partial charge in [0.15, 0.2) is 5.96 Å². The van der Waals surface area contributed by atoms with Crippen LogP contribution in [0.15, 0.2) is 53.5 Å². The number of nitrogens with one attached hydrogen (secondary N) is 1. The number of aryl methyl sites for hydroxylation is 1. The van der Waals surface area contributed by atoms with Crippen LogP contribution >= 0.6 is 0 Å². The van der Waals surface area contributed by atoms with E-state index < -0.39 is 0 Å². The molecule has 1 aliphatic heterocycles. The number of nitrogens with zero attached hydrogens (tertiary/aromatic N) is 3. The molecule has 0 atom stereocenters. The summed E-state index contributed by atoms with van der Waals surface area (Å²) in [5.41, 5.74) is 5.24. The van der Waals surface area contributed by atoms with Crippen LogP contribution in [-0.4, -0.2) is 56.2 Å². The first-order valence-corrected chi connectivity index (χ1v) is 10.00. The number of rotatable bonds is 6. The molecule has 3 rings (SSSR count). The van der Waals surface area contributed by atoms with Crippen molar-refractivity contribution in [2.75, 3.05) is 40.4 Å². The second kappa shape index (κ2) is 10.2. The summed E-state index contributed by atoms with van der Waals surface area (Å²) < 4.78 is 5.42. The number of aliphatic imine (C=N–C) groups is 1. The van der Waals surface area contributed by atoms with Crippen molar-refractivity contribution >= 4 is 5.96 Å². The molecule has 1 N–H and O–H groups in total. The Morgan fingerprint density at radius 2 is 1.75 bits per heavy atom. The highest BCUT2D eigenvalue weighted by molar-refractivity contribution is 5.79. The van der Waals surface area contributed by atoms with Gasteiger partial charge < -0.3 is 15.0 Å². The predicted molar refractivity (Wildman–Crippen MR) is 115 cm³/mol. The average Bonchev–Trinajstić information content (AvgIpc) is 2.72. The molecule has 0 radical (unpaired) electrons. The van der Waals surface area contributed by atoms with Gasteiger partial charge in [-0.1, -0.05) is 48.5 Å². The SMILES string of the molecule is CN=C(NCc1ccc(CN2CCOCC2)cc1)N(C)Cc1ccccc1C. The van der Waals surface area contributed by atoms with Crippen LogP contribution in [0.2, 0.25) is 0 Å². The minimum atomic E-state index is 0.766. The van der Waals surface area contributed by atoms with Gasteiger partial charge in [-0.15, -0.1) is 0 Å². The fourth-order valence-electron chi connectivity index (χ4n) is 3.46. The monoisotopic (exact) mass is 380 g/mol.